The van der Waals surface area contributed by atoms with Crippen molar-refractivity contribution in [2.24, 2.45) is 0 Å². The van der Waals surface area contributed by atoms with Gasteiger partial charge in [0.25, 0.3) is 0 Å². The van der Waals surface area contributed by atoms with E-state index in [0.29, 0.717) is 5.82 Å². The van der Waals surface area contributed by atoms with Crippen LogP contribution in [0.4, 0.5) is 5.82 Å². The zero-order valence-corrected chi connectivity index (χ0v) is 8.78. The Hall–Kier alpha value is -1.64. The van der Waals surface area contributed by atoms with E-state index >= 15 is 0 Å². The largest absolute Gasteiger partial charge is 0.384 e. The highest BCUT2D eigenvalue weighted by Crippen LogP contribution is 2.14. The molecular weight excluding hydrogens is 174 g/mol. The molecule has 2 heterocycles. The van der Waals surface area contributed by atoms with Crippen LogP contribution in [0.3, 0.4) is 0 Å². The second kappa shape index (κ2) is 4.56. The lowest BCUT2D eigenvalue weighted by Gasteiger charge is -1.99. The minimum Gasteiger partial charge on any atom is -0.384 e. The SMILES string of the molecule is CC.Cc1nccc2nc(N)ccc12. The molecule has 0 spiro atoms. The second-order valence-corrected chi connectivity index (χ2v) is 2.70. The molecule has 0 radical (unpaired) electrons. The summed E-state index contributed by atoms with van der Waals surface area (Å²) in [5.74, 6) is 0.549. The van der Waals surface area contributed by atoms with E-state index in [1.165, 1.54) is 0 Å². The molecule has 0 aliphatic rings. The summed E-state index contributed by atoms with van der Waals surface area (Å²) in [5.41, 5.74) is 7.43. The van der Waals surface area contributed by atoms with E-state index in [4.69, 9.17) is 5.73 Å². The van der Waals surface area contributed by atoms with Crippen molar-refractivity contribution in [2.45, 2.75) is 20.8 Å². The fraction of sp³-hybridized carbons (Fsp3) is 0.273. The molecule has 3 heteroatoms. The van der Waals surface area contributed by atoms with Crippen molar-refractivity contribution < 1.29 is 0 Å². The number of hydrogen-bond acceptors (Lipinski definition) is 3. The number of aryl methyl sites for hydroxylation is 1. The molecule has 2 aromatic heterocycles. The molecule has 2 aromatic rings. The van der Waals surface area contributed by atoms with E-state index < -0.39 is 0 Å². The average Bonchev–Trinajstić information content (AvgIpc) is 2.21. The van der Waals surface area contributed by atoms with Crippen LogP contribution in [-0.2, 0) is 0 Å². The lowest BCUT2D eigenvalue weighted by Crippen LogP contribution is -1.91. The molecule has 2 rings (SSSR count). The molecule has 0 saturated heterocycles. The summed E-state index contributed by atoms with van der Waals surface area (Å²) >= 11 is 0. The minimum atomic E-state index is 0.549. The predicted molar refractivity (Wildman–Crippen MR) is 60.0 cm³/mol. The molecular formula is C11H15N3. The summed E-state index contributed by atoms with van der Waals surface area (Å²) in [6, 6.07) is 5.59. The van der Waals surface area contributed by atoms with Crippen LogP contribution in [-0.4, -0.2) is 9.97 Å². The number of hydrogen-bond donors (Lipinski definition) is 1. The van der Waals surface area contributed by atoms with Crippen molar-refractivity contribution in [3.8, 4) is 0 Å². The van der Waals surface area contributed by atoms with Crippen LogP contribution in [0.15, 0.2) is 24.4 Å². The van der Waals surface area contributed by atoms with Gasteiger partial charge in [-0.3, -0.25) is 4.98 Å². The van der Waals surface area contributed by atoms with Crippen LogP contribution in [0.5, 0.6) is 0 Å². The molecule has 0 bridgehead atoms. The third-order valence-corrected chi connectivity index (χ3v) is 1.84. The number of pyridine rings is 2. The fourth-order valence-corrected chi connectivity index (χ4v) is 1.21. The number of nitrogens with zero attached hydrogens (tertiary/aromatic N) is 2. The Morgan fingerprint density at radius 3 is 2.57 bits per heavy atom. The second-order valence-electron chi connectivity index (χ2n) is 2.70. The van der Waals surface area contributed by atoms with E-state index in [-0.39, 0.29) is 0 Å². The van der Waals surface area contributed by atoms with Gasteiger partial charge in [-0.25, -0.2) is 4.98 Å². The molecule has 2 N–H and O–H groups in total. The molecule has 0 aliphatic heterocycles. The first-order valence-electron chi connectivity index (χ1n) is 4.75. The van der Waals surface area contributed by atoms with E-state index in [9.17, 15) is 0 Å². The molecule has 0 aliphatic carbocycles. The van der Waals surface area contributed by atoms with E-state index in [1.807, 2.05) is 32.9 Å². The molecule has 3 nitrogen and oxygen atoms in total. The van der Waals surface area contributed by atoms with Gasteiger partial charge in [-0.15, -0.1) is 0 Å². The van der Waals surface area contributed by atoms with Gasteiger partial charge >= 0.3 is 0 Å². The van der Waals surface area contributed by atoms with Gasteiger partial charge in [0.1, 0.15) is 5.82 Å². The molecule has 74 valence electrons. The highest BCUT2D eigenvalue weighted by atomic mass is 14.8. The van der Waals surface area contributed by atoms with Gasteiger partial charge in [-0.2, -0.15) is 0 Å². The monoisotopic (exact) mass is 189 g/mol. The third-order valence-electron chi connectivity index (χ3n) is 1.84. The van der Waals surface area contributed by atoms with Gasteiger partial charge in [-0.05, 0) is 25.1 Å². The number of rotatable bonds is 0. The number of nitrogens with two attached hydrogens (primary N) is 1. The highest BCUT2D eigenvalue weighted by molar-refractivity contribution is 5.81. The number of fused-ring (bicyclic) bond motifs is 1. The van der Waals surface area contributed by atoms with Gasteiger partial charge in [0, 0.05) is 17.3 Å². The summed E-state index contributed by atoms with van der Waals surface area (Å²) in [7, 11) is 0. The molecule has 14 heavy (non-hydrogen) atoms. The number of nitrogen functional groups attached to an aromatic ring is 1. The molecule has 0 aromatic carbocycles. The van der Waals surface area contributed by atoms with Gasteiger partial charge in [0.2, 0.25) is 0 Å². The fourth-order valence-electron chi connectivity index (χ4n) is 1.21. The lowest BCUT2D eigenvalue weighted by molar-refractivity contribution is 1.22. The Bertz CT molecular complexity index is 424. The van der Waals surface area contributed by atoms with Crippen LogP contribution in [0.1, 0.15) is 19.5 Å². The van der Waals surface area contributed by atoms with E-state index in [2.05, 4.69) is 9.97 Å². The first-order valence-corrected chi connectivity index (χ1v) is 4.75. The Morgan fingerprint density at radius 1 is 1.14 bits per heavy atom. The predicted octanol–water partition coefficient (Wildman–Crippen LogP) is 2.55. The molecule has 0 fully saturated rings. The minimum absolute atomic E-state index is 0.549. The quantitative estimate of drug-likeness (QED) is 0.692. The average molecular weight is 189 g/mol. The van der Waals surface area contributed by atoms with Crippen LogP contribution in [0.2, 0.25) is 0 Å². The molecule has 0 atom stereocenters. The topological polar surface area (TPSA) is 51.8 Å². The van der Waals surface area contributed by atoms with Crippen molar-refractivity contribution in [1.82, 2.24) is 9.97 Å². The van der Waals surface area contributed by atoms with Crippen LogP contribution in [0.25, 0.3) is 10.9 Å². The van der Waals surface area contributed by atoms with Gasteiger partial charge < -0.3 is 5.73 Å². The normalized spacial score (nSPS) is 9.36. The molecule has 0 saturated carbocycles. The smallest absolute Gasteiger partial charge is 0.124 e. The number of aromatic nitrogens is 2. The van der Waals surface area contributed by atoms with E-state index in [1.54, 1.807) is 12.3 Å². The number of anilines is 1. The zero-order chi connectivity index (χ0) is 10.6. The Balaban J connectivity index is 0.000000461. The summed E-state index contributed by atoms with van der Waals surface area (Å²) in [6.45, 7) is 5.96. The molecule has 0 unspecified atom stereocenters. The maximum atomic E-state index is 5.54. The van der Waals surface area contributed by atoms with Crippen molar-refractivity contribution >= 4 is 16.7 Å². The van der Waals surface area contributed by atoms with Crippen LogP contribution < -0.4 is 5.73 Å². The van der Waals surface area contributed by atoms with Crippen LogP contribution >= 0.6 is 0 Å². The summed E-state index contributed by atoms with van der Waals surface area (Å²) < 4.78 is 0. The summed E-state index contributed by atoms with van der Waals surface area (Å²) in [6.07, 6.45) is 1.74. The van der Waals surface area contributed by atoms with Crippen molar-refractivity contribution in [3.05, 3.63) is 30.1 Å². The maximum absolute atomic E-state index is 5.54. The summed E-state index contributed by atoms with van der Waals surface area (Å²) in [4.78, 5) is 8.33. The Labute approximate surface area is 84.0 Å². The third kappa shape index (κ3) is 1.99. The van der Waals surface area contributed by atoms with Crippen molar-refractivity contribution in [2.75, 3.05) is 5.73 Å². The standard InChI is InChI=1S/C9H9N3.C2H6/c1-6-7-2-3-9(10)12-8(7)4-5-11-6;1-2/h2-5H,1H3,(H2,10,12);1-2H3. The highest BCUT2D eigenvalue weighted by Gasteiger charge is 1.97. The maximum Gasteiger partial charge on any atom is 0.124 e. The summed E-state index contributed by atoms with van der Waals surface area (Å²) in [5, 5.41) is 1.06. The van der Waals surface area contributed by atoms with Crippen LogP contribution in [0, 0.1) is 6.92 Å². The Morgan fingerprint density at radius 2 is 1.86 bits per heavy atom. The lowest BCUT2D eigenvalue weighted by atomic mass is 10.2. The Kier molecular flexibility index (Phi) is 3.40. The van der Waals surface area contributed by atoms with Crippen molar-refractivity contribution in [1.29, 1.82) is 0 Å². The van der Waals surface area contributed by atoms with Gasteiger partial charge in [0.05, 0.1) is 5.52 Å². The van der Waals surface area contributed by atoms with E-state index in [0.717, 1.165) is 16.6 Å². The first kappa shape index (κ1) is 10.4. The van der Waals surface area contributed by atoms with Gasteiger partial charge in [-0.1, -0.05) is 13.8 Å². The zero-order valence-electron chi connectivity index (χ0n) is 8.78. The van der Waals surface area contributed by atoms with Crippen molar-refractivity contribution in [3.63, 3.8) is 0 Å². The molecule has 0 amide bonds. The van der Waals surface area contributed by atoms with Gasteiger partial charge in [0.15, 0.2) is 0 Å². The first-order chi connectivity index (χ1) is 6.77.